The quantitative estimate of drug-likeness (QED) is 0.440. The van der Waals surface area contributed by atoms with E-state index in [1.807, 2.05) is 43.3 Å². The summed E-state index contributed by atoms with van der Waals surface area (Å²) < 4.78 is 40.7. The molecule has 0 saturated carbocycles. The van der Waals surface area contributed by atoms with Crippen LogP contribution in [0.15, 0.2) is 59.6 Å². The third-order valence-electron chi connectivity index (χ3n) is 5.46. The molecule has 1 aromatic heterocycles. The fourth-order valence-corrected chi connectivity index (χ4v) is 4.70. The van der Waals surface area contributed by atoms with Gasteiger partial charge in [-0.25, -0.2) is 4.98 Å². The first-order valence-electron chi connectivity index (χ1n) is 10.7. The standard InChI is InChI=1S/C24H25F3N4OS/c1-16-12-19(33-15-17-6-3-2-4-7-17)9-10-21(16)29-23-28-13-20(24(25,26)27)22(30-23)31-11-5-8-18(32)14-31/h2-4,6-7,9-10,12-13,18,32H,5,8,11,14-15H2,1H3,(H,28,29,30). The van der Waals surface area contributed by atoms with E-state index in [1.54, 1.807) is 11.8 Å². The summed E-state index contributed by atoms with van der Waals surface area (Å²) in [6, 6.07) is 16.0. The molecule has 1 aliphatic rings. The zero-order valence-corrected chi connectivity index (χ0v) is 19.0. The Bertz CT molecular complexity index is 1090. The first-order valence-corrected chi connectivity index (χ1v) is 11.7. The number of aromatic nitrogens is 2. The number of nitrogens with zero attached hydrogens (tertiary/aromatic N) is 3. The minimum absolute atomic E-state index is 0.0888. The van der Waals surface area contributed by atoms with Crippen molar-refractivity contribution in [3.8, 4) is 0 Å². The Labute approximate surface area is 195 Å². The van der Waals surface area contributed by atoms with E-state index in [0.29, 0.717) is 19.4 Å². The average molecular weight is 475 g/mol. The second-order valence-electron chi connectivity index (χ2n) is 8.05. The Morgan fingerprint density at radius 3 is 2.67 bits per heavy atom. The molecule has 2 N–H and O–H groups in total. The maximum absolute atomic E-state index is 13.6. The minimum atomic E-state index is -4.58. The first-order chi connectivity index (χ1) is 15.8. The van der Waals surface area contributed by atoms with Gasteiger partial charge < -0.3 is 15.3 Å². The van der Waals surface area contributed by atoms with E-state index in [9.17, 15) is 18.3 Å². The topological polar surface area (TPSA) is 61.3 Å². The first kappa shape index (κ1) is 23.4. The fraction of sp³-hybridized carbons (Fsp3) is 0.333. The number of anilines is 3. The molecule has 2 aromatic carbocycles. The molecule has 1 aliphatic heterocycles. The molecule has 33 heavy (non-hydrogen) atoms. The minimum Gasteiger partial charge on any atom is -0.391 e. The number of piperidine rings is 1. The molecule has 1 unspecified atom stereocenters. The van der Waals surface area contributed by atoms with Gasteiger partial charge in [-0.15, -0.1) is 11.8 Å². The molecule has 9 heteroatoms. The highest BCUT2D eigenvalue weighted by Crippen LogP contribution is 2.37. The van der Waals surface area contributed by atoms with E-state index in [4.69, 9.17) is 0 Å². The summed E-state index contributed by atoms with van der Waals surface area (Å²) in [5.41, 5.74) is 2.00. The third-order valence-corrected chi connectivity index (χ3v) is 6.53. The summed E-state index contributed by atoms with van der Waals surface area (Å²) in [6.07, 6.45) is -3.27. The summed E-state index contributed by atoms with van der Waals surface area (Å²) in [4.78, 5) is 10.7. The number of hydrogen-bond acceptors (Lipinski definition) is 6. The van der Waals surface area contributed by atoms with Gasteiger partial charge >= 0.3 is 6.18 Å². The monoisotopic (exact) mass is 474 g/mol. The van der Waals surface area contributed by atoms with Crippen LogP contribution in [0.2, 0.25) is 0 Å². The van der Waals surface area contributed by atoms with Crippen molar-refractivity contribution in [1.82, 2.24) is 9.97 Å². The molecule has 0 amide bonds. The van der Waals surface area contributed by atoms with Crippen molar-refractivity contribution < 1.29 is 18.3 Å². The highest BCUT2D eigenvalue weighted by Gasteiger charge is 2.37. The van der Waals surface area contributed by atoms with Gasteiger partial charge in [-0.05, 0) is 49.1 Å². The van der Waals surface area contributed by atoms with Crippen molar-refractivity contribution in [3.05, 3.63) is 71.4 Å². The van der Waals surface area contributed by atoms with Gasteiger partial charge in [0.05, 0.1) is 6.10 Å². The van der Waals surface area contributed by atoms with Crippen LogP contribution in [-0.4, -0.2) is 34.3 Å². The number of aliphatic hydroxyl groups is 1. The Morgan fingerprint density at radius 1 is 1.18 bits per heavy atom. The van der Waals surface area contributed by atoms with E-state index in [-0.39, 0.29) is 18.3 Å². The average Bonchev–Trinajstić information content (AvgIpc) is 2.79. The smallest absolute Gasteiger partial charge is 0.391 e. The van der Waals surface area contributed by atoms with E-state index < -0.39 is 17.8 Å². The van der Waals surface area contributed by atoms with Crippen LogP contribution >= 0.6 is 11.8 Å². The van der Waals surface area contributed by atoms with Gasteiger partial charge in [-0.3, -0.25) is 0 Å². The molecule has 0 spiro atoms. The highest BCUT2D eigenvalue weighted by molar-refractivity contribution is 7.98. The third kappa shape index (κ3) is 5.97. The number of thioether (sulfide) groups is 1. The van der Waals surface area contributed by atoms with Crippen molar-refractivity contribution in [2.75, 3.05) is 23.3 Å². The summed E-state index contributed by atoms with van der Waals surface area (Å²) in [5.74, 6) is 0.734. The summed E-state index contributed by atoms with van der Waals surface area (Å²) in [5, 5.41) is 13.0. The SMILES string of the molecule is Cc1cc(SCc2ccccc2)ccc1Nc1ncc(C(F)(F)F)c(N2CCCC(O)C2)n1. The van der Waals surface area contributed by atoms with Crippen LogP contribution in [-0.2, 0) is 11.9 Å². The largest absolute Gasteiger partial charge is 0.421 e. The van der Waals surface area contributed by atoms with Crippen molar-refractivity contribution in [2.45, 2.75) is 42.7 Å². The molecule has 1 fully saturated rings. The van der Waals surface area contributed by atoms with Crippen LogP contribution in [0.5, 0.6) is 0 Å². The number of aliphatic hydroxyl groups excluding tert-OH is 1. The van der Waals surface area contributed by atoms with Crippen molar-refractivity contribution >= 4 is 29.2 Å². The number of alkyl halides is 3. The number of β-amino-alcohol motifs (C(OH)–C–C–N with tert-alkyl or cyclic N) is 1. The number of hydrogen-bond donors (Lipinski definition) is 2. The van der Waals surface area contributed by atoms with Gasteiger partial charge in [0.1, 0.15) is 11.4 Å². The lowest BCUT2D eigenvalue weighted by Crippen LogP contribution is -2.40. The lowest BCUT2D eigenvalue weighted by molar-refractivity contribution is -0.137. The number of nitrogens with one attached hydrogen (secondary N) is 1. The summed E-state index contributed by atoms with van der Waals surface area (Å²) in [7, 11) is 0. The number of rotatable bonds is 6. The molecule has 0 bridgehead atoms. The summed E-state index contributed by atoms with van der Waals surface area (Å²) >= 11 is 1.71. The van der Waals surface area contributed by atoms with Gasteiger partial charge in [0.15, 0.2) is 0 Å². The van der Waals surface area contributed by atoms with E-state index in [1.165, 1.54) is 10.5 Å². The molecule has 174 valence electrons. The lowest BCUT2D eigenvalue weighted by Gasteiger charge is -2.32. The second kappa shape index (κ2) is 10.0. The maximum Gasteiger partial charge on any atom is 0.421 e. The van der Waals surface area contributed by atoms with Crippen LogP contribution in [0, 0.1) is 6.92 Å². The van der Waals surface area contributed by atoms with Crippen molar-refractivity contribution in [1.29, 1.82) is 0 Å². The van der Waals surface area contributed by atoms with Gasteiger partial charge in [-0.1, -0.05) is 30.3 Å². The molecule has 4 rings (SSSR count). The molecular formula is C24H25F3N4OS. The fourth-order valence-electron chi connectivity index (χ4n) is 3.75. The van der Waals surface area contributed by atoms with Gasteiger partial charge in [-0.2, -0.15) is 18.2 Å². The van der Waals surface area contributed by atoms with Gasteiger partial charge in [0.25, 0.3) is 0 Å². The number of aryl methyl sites for hydroxylation is 1. The normalized spacial score (nSPS) is 16.6. The molecule has 2 heterocycles. The van der Waals surface area contributed by atoms with Crippen LogP contribution in [0.25, 0.3) is 0 Å². The van der Waals surface area contributed by atoms with E-state index in [2.05, 4.69) is 27.4 Å². The zero-order chi connectivity index (χ0) is 23.4. The van der Waals surface area contributed by atoms with E-state index >= 15 is 0 Å². The molecule has 0 radical (unpaired) electrons. The molecule has 1 saturated heterocycles. The zero-order valence-electron chi connectivity index (χ0n) is 18.1. The predicted molar refractivity (Wildman–Crippen MR) is 125 cm³/mol. The Kier molecular flexibility index (Phi) is 7.09. The van der Waals surface area contributed by atoms with Crippen LogP contribution in [0.4, 0.5) is 30.6 Å². The second-order valence-corrected chi connectivity index (χ2v) is 9.10. The van der Waals surface area contributed by atoms with Crippen LogP contribution in [0.3, 0.4) is 0 Å². The maximum atomic E-state index is 13.6. The van der Waals surface area contributed by atoms with Crippen LogP contribution < -0.4 is 10.2 Å². The molecule has 3 aromatic rings. The number of benzene rings is 2. The molecule has 1 atom stereocenters. The van der Waals surface area contributed by atoms with E-state index in [0.717, 1.165) is 28.1 Å². The lowest BCUT2D eigenvalue weighted by atomic mass is 10.1. The Hall–Kier alpha value is -2.78. The van der Waals surface area contributed by atoms with Crippen molar-refractivity contribution in [2.24, 2.45) is 0 Å². The van der Waals surface area contributed by atoms with Crippen molar-refractivity contribution in [3.63, 3.8) is 0 Å². The number of halogens is 3. The van der Waals surface area contributed by atoms with Crippen LogP contribution in [0.1, 0.15) is 29.5 Å². The summed E-state index contributed by atoms with van der Waals surface area (Å²) in [6.45, 7) is 2.45. The predicted octanol–water partition coefficient (Wildman–Crippen LogP) is 5.80. The molecule has 0 aliphatic carbocycles. The highest BCUT2D eigenvalue weighted by atomic mass is 32.2. The molecule has 5 nitrogen and oxygen atoms in total. The van der Waals surface area contributed by atoms with Gasteiger partial charge in [0.2, 0.25) is 5.95 Å². The Balaban J connectivity index is 1.52. The Morgan fingerprint density at radius 2 is 1.97 bits per heavy atom. The van der Waals surface area contributed by atoms with Gasteiger partial charge in [0, 0.05) is 35.6 Å². The molecular weight excluding hydrogens is 449 g/mol.